The Morgan fingerprint density at radius 3 is 2.15 bits per heavy atom. The number of nitrogens with zero attached hydrogens (tertiary/aromatic N) is 3. The number of likely N-dealkylation sites (N-methyl/N-ethyl adjacent to an activating group) is 1. The average molecular weight is 599 g/mol. The predicted octanol–water partition coefficient (Wildman–Crippen LogP) is 4.95. The molecular formula is C27H33F3N4O6S. The van der Waals surface area contributed by atoms with Crippen molar-refractivity contribution in [3.05, 3.63) is 70.0 Å². The number of carbonyl (C=O) groups is 2. The minimum Gasteiger partial charge on any atom is -0.478 e. The molecule has 224 valence electrons. The topological polar surface area (TPSA) is 142 Å². The third-order valence-corrected chi connectivity index (χ3v) is 7.82. The fourth-order valence-corrected chi connectivity index (χ4v) is 5.50. The molecule has 0 spiro atoms. The number of rotatable bonds is 9. The van der Waals surface area contributed by atoms with Gasteiger partial charge in [0.1, 0.15) is 0 Å². The maximum absolute atomic E-state index is 12.9. The monoisotopic (exact) mass is 598 g/mol. The first-order valence-electron chi connectivity index (χ1n) is 12.4. The van der Waals surface area contributed by atoms with Gasteiger partial charge in [-0.3, -0.25) is 9.40 Å². The largest absolute Gasteiger partial charge is 0.490 e. The lowest BCUT2D eigenvalue weighted by Gasteiger charge is -2.22. The van der Waals surface area contributed by atoms with Crippen LogP contribution >= 0.6 is 0 Å². The summed E-state index contributed by atoms with van der Waals surface area (Å²) in [7, 11) is -2.03. The van der Waals surface area contributed by atoms with Crippen LogP contribution in [0.15, 0.2) is 41.3 Å². The molecule has 10 nitrogen and oxygen atoms in total. The Hall–Kier alpha value is -4.07. The number of anilines is 2. The Morgan fingerprint density at radius 1 is 1.05 bits per heavy atom. The van der Waals surface area contributed by atoms with Gasteiger partial charge >= 0.3 is 18.1 Å². The highest BCUT2D eigenvalue weighted by Gasteiger charge is 2.38. The average Bonchev–Trinajstić information content (AvgIpc) is 3.13. The molecule has 0 amide bonds. The number of hydrogen-bond donors (Lipinski definition) is 3. The molecule has 1 heterocycles. The smallest absolute Gasteiger partial charge is 0.478 e. The predicted molar refractivity (Wildman–Crippen MR) is 148 cm³/mol. The molecule has 0 aliphatic rings. The van der Waals surface area contributed by atoms with Gasteiger partial charge in [0.05, 0.1) is 21.8 Å². The van der Waals surface area contributed by atoms with Gasteiger partial charge in [-0.05, 0) is 76.4 Å². The number of carboxylic acid groups (broad SMARTS) is 2. The number of alkyl halides is 3. The lowest BCUT2D eigenvalue weighted by molar-refractivity contribution is -0.192. The van der Waals surface area contributed by atoms with Gasteiger partial charge in [-0.1, -0.05) is 17.7 Å². The van der Waals surface area contributed by atoms with Gasteiger partial charge in [-0.25, -0.2) is 18.0 Å². The first-order chi connectivity index (χ1) is 18.9. The maximum atomic E-state index is 12.9. The molecule has 0 bridgehead atoms. The molecule has 1 aromatic heterocycles. The standard InChI is InChI=1S/C25H32N4O4S.C2HF3O2/c1-7-29-19(5)21(18(4)26-29)12-13-28(6)23-10-9-20(15-22(23)25(30)31)27-34(32,33)24-11-8-16(2)14-17(24)3;3-2(4,5)1(6)7/h8-11,14-15,27H,7,12-13H2,1-6H3,(H,30,31);(H,6,7). The van der Waals surface area contributed by atoms with Crippen LogP contribution in [0, 0.1) is 27.7 Å². The second-order valence-electron chi connectivity index (χ2n) is 9.35. The lowest BCUT2D eigenvalue weighted by atomic mass is 10.1. The van der Waals surface area contributed by atoms with E-state index in [0.29, 0.717) is 24.2 Å². The summed E-state index contributed by atoms with van der Waals surface area (Å²) in [5.41, 5.74) is 5.57. The normalized spacial score (nSPS) is 11.4. The molecule has 41 heavy (non-hydrogen) atoms. The molecule has 0 aliphatic carbocycles. The van der Waals surface area contributed by atoms with Crippen LogP contribution in [-0.4, -0.2) is 60.1 Å². The van der Waals surface area contributed by atoms with Gasteiger partial charge in [0.2, 0.25) is 0 Å². The summed E-state index contributed by atoms with van der Waals surface area (Å²) < 4.78 is 62.0. The van der Waals surface area contributed by atoms with Crippen molar-refractivity contribution in [2.45, 2.75) is 58.7 Å². The summed E-state index contributed by atoms with van der Waals surface area (Å²) in [6.07, 6.45) is -4.37. The number of nitrogens with one attached hydrogen (secondary N) is 1. The van der Waals surface area contributed by atoms with E-state index in [2.05, 4.69) is 9.82 Å². The van der Waals surface area contributed by atoms with Crippen molar-refractivity contribution < 1.29 is 41.4 Å². The van der Waals surface area contributed by atoms with E-state index in [1.54, 1.807) is 37.3 Å². The van der Waals surface area contributed by atoms with Gasteiger partial charge in [-0.2, -0.15) is 18.3 Å². The Balaban J connectivity index is 0.000000745. The van der Waals surface area contributed by atoms with Gasteiger partial charge in [0, 0.05) is 31.5 Å². The molecule has 3 rings (SSSR count). The Bertz CT molecular complexity index is 1530. The number of aliphatic carboxylic acids is 1. The summed E-state index contributed by atoms with van der Waals surface area (Å²) in [4.78, 5) is 22.9. The first kappa shape index (κ1) is 33.1. The van der Waals surface area contributed by atoms with E-state index in [1.165, 1.54) is 6.07 Å². The van der Waals surface area contributed by atoms with Crippen molar-refractivity contribution in [2.75, 3.05) is 23.2 Å². The van der Waals surface area contributed by atoms with E-state index in [-0.39, 0.29) is 16.1 Å². The van der Waals surface area contributed by atoms with Crippen molar-refractivity contribution >= 4 is 33.3 Å². The van der Waals surface area contributed by atoms with Crippen molar-refractivity contribution in [3.63, 3.8) is 0 Å². The first-order valence-corrected chi connectivity index (χ1v) is 13.9. The minimum absolute atomic E-state index is 0.0287. The Morgan fingerprint density at radius 2 is 1.66 bits per heavy atom. The SMILES string of the molecule is CCn1nc(C)c(CCN(C)c2ccc(NS(=O)(=O)c3ccc(C)cc3C)cc2C(=O)O)c1C.O=C(O)C(F)(F)F. The van der Waals surface area contributed by atoms with Crippen LogP contribution in [0.2, 0.25) is 0 Å². The Labute approximate surface area is 236 Å². The maximum Gasteiger partial charge on any atom is 0.490 e. The van der Waals surface area contributed by atoms with Gasteiger partial charge in [-0.15, -0.1) is 0 Å². The molecular weight excluding hydrogens is 565 g/mol. The van der Waals surface area contributed by atoms with Crippen LogP contribution < -0.4 is 9.62 Å². The zero-order valence-electron chi connectivity index (χ0n) is 23.5. The van der Waals surface area contributed by atoms with Crippen LogP contribution in [-0.2, 0) is 27.8 Å². The highest BCUT2D eigenvalue weighted by molar-refractivity contribution is 7.92. The number of hydrogen-bond acceptors (Lipinski definition) is 6. The summed E-state index contributed by atoms with van der Waals surface area (Å²) >= 11 is 0. The van der Waals surface area contributed by atoms with Crippen molar-refractivity contribution in [2.24, 2.45) is 0 Å². The van der Waals surface area contributed by atoms with Gasteiger partial charge in [0.15, 0.2) is 0 Å². The summed E-state index contributed by atoms with van der Waals surface area (Å²) in [5, 5.41) is 21.5. The van der Waals surface area contributed by atoms with E-state index < -0.39 is 28.1 Å². The molecule has 3 aromatic rings. The molecule has 0 saturated carbocycles. The number of sulfonamides is 1. The van der Waals surface area contributed by atoms with E-state index in [4.69, 9.17) is 9.90 Å². The van der Waals surface area contributed by atoms with Crippen LogP contribution in [0.25, 0.3) is 0 Å². The molecule has 14 heteroatoms. The number of carboxylic acids is 2. The third-order valence-electron chi connectivity index (χ3n) is 6.28. The molecule has 0 fully saturated rings. The quantitative estimate of drug-likeness (QED) is 0.314. The van der Waals surface area contributed by atoms with E-state index >= 15 is 0 Å². The number of aryl methyl sites for hydroxylation is 4. The Kier molecular flexibility index (Phi) is 10.6. The molecule has 0 aliphatic heterocycles. The number of aromatic nitrogens is 2. The second kappa shape index (κ2) is 13.1. The minimum atomic E-state index is -5.08. The van der Waals surface area contributed by atoms with E-state index in [0.717, 1.165) is 29.1 Å². The summed E-state index contributed by atoms with van der Waals surface area (Å²) in [6, 6.07) is 9.67. The number of halogens is 3. The van der Waals surface area contributed by atoms with Gasteiger partial charge < -0.3 is 15.1 Å². The summed E-state index contributed by atoms with van der Waals surface area (Å²) in [6.45, 7) is 11.1. The molecule has 2 aromatic carbocycles. The van der Waals surface area contributed by atoms with Crippen molar-refractivity contribution in [3.8, 4) is 0 Å². The molecule has 0 saturated heterocycles. The lowest BCUT2D eigenvalue weighted by Crippen LogP contribution is -2.23. The molecule has 0 atom stereocenters. The number of benzene rings is 2. The second-order valence-corrected chi connectivity index (χ2v) is 11.0. The fraction of sp³-hybridized carbons (Fsp3) is 0.370. The highest BCUT2D eigenvalue weighted by Crippen LogP contribution is 2.27. The highest BCUT2D eigenvalue weighted by atomic mass is 32.2. The fourth-order valence-electron chi connectivity index (χ4n) is 4.22. The summed E-state index contributed by atoms with van der Waals surface area (Å²) in [5.74, 6) is -3.88. The molecule has 3 N–H and O–H groups in total. The zero-order chi connectivity index (χ0) is 31.3. The van der Waals surface area contributed by atoms with Crippen LogP contribution in [0.4, 0.5) is 24.5 Å². The van der Waals surface area contributed by atoms with Crippen molar-refractivity contribution in [1.29, 1.82) is 0 Å². The molecule has 0 radical (unpaired) electrons. The van der Waals surface area contributed by atoms with E-state index in [1.807, 2.05) is 44.3 Å². The number of aromatic carboxylic acids is 1. The molecule has 0 unspecified atom stereocenters. The van der Waals surface area contributed by atoms with Crippen molar-refractivity contribution in [1.82, 2.24) is 9.78 Å². The van der Waals surface area contributed by atoms with E-state index in [9.17, 15) is 31.5 Å². The van der Waals surface area contributed by atoms with Crippen LogP contribution in [0.1, 0.15) is 45.4 Å². The third kappa shape index (κ3) is 8.46. The van der Waals surface area contributed by atoms with Crippen LogP contribution in [0.5, 0.6) is 0 Å². The zero-order valence-corrected chi connectivity index (χ0v) is 24.3. The van der Waals surface area contributed by atoms with Crippen LogP contribution in [0.3, 0.4) is 0 Å². The van der Waals surface area contributed by atoms with Gasteiger partial charge in [0.25, 0.3) is 10.0 Å².